The summed E-state index contributed by atoms with van der Waals surface area (Å²) >= 11 is 0. The van der Waals surface area contributed by atoms with Crippen LogP contribution in [0.2, 0.25) is 0 Å². The molecule has 0 nitrogen and oxygen atoms in total. The molecule has 0 atom stereocenters. The largest absolute Gasteiger partial charge is 0.0818 e. The van der Waals surface area contributed by atoms with E-state index in [1.165, 1.54) is 44.9 Å². The van der Waals surface area contributed by atoms with Gasteiger partial charge >= 0.3 is 0 Å². The van der Waals surface area contributed by atoms with Crippen LogP contribution < -0.4 is 0 Å². The van der Waals surface area contributed by atoms with Crippen LogP contribution in [0.4, 0.5) is 0 Å². The van der Waals surface area contributed by atoms with Gasteiger partial charge < -0.3 is 0 Å². The zero-order valence-corrected chi connectivity index (χ0v) is 9.10. The molecule has 74 valence electrons. The Kier molecular flexibility index (Phi) is 4.88. The average molecular weight is 178 g/mol. The van der Waals surface area contributed by atoms with Crippen molar-refractivity contribution in [3.8, 4) is 0 Å². The van der Waals surface area contributed by atoms with Gasteiger partial charge in [0.05, 0.1) is 0 Å². The van der Waals surface area contributed by atoms with Crippen LogP contribution in [0.5, 0.6) is 0 Å². The van der Waals surface area contributed by atoms with Crippen LogP contribution >= 0.6 is 0 Å². The first-order valence-corrected chi connectivity index (χ1v) is 5.66. The Hall–Kier alpha value is -0.520. The minimum Gasteiger partial charge on any atom is -0.0818 e. The molecule has 0 heteroatoms. The third kappa shape index (κ3) is 4.31. The Bertz CT molecular complexity index is 196. The lowest BCUT2D eigenvalue weighted by Crippen LogP contribution is -1.84. The normalized spacial score (nSPS) is 17.7. The van der Waals surface area contributed by atoms with Crippen molar-refractivity contribution in [1.82, 2.24) is 0 Å². The van der Waals surface area contributed by atoms with Gasteiger partial charge in [-0.05, 0) is 39.0 Å². The van der Waals surface area contributed by atoms with Crippen molar-refractivity contribution in [1.29, 1.82) is 0 Å². The Morgan fingerprint density at radius 1 is 1.15 bits per heavy atom. The van der Waals surface area contributed by atoms with Gasteiger partial charge in [-0.2, -0.15) is 0 Å². The molecule has 0 aromatic carbocycles. The van der Waals surface area contributed by atoms with E-state index in [2.05, 4.69) is 26.0 Å². The predicted molar refractivity (Wildman–Crippen MR) is 59.8 cm³/mol. The first-order valence-electron chi connectivity index (χ1n) is 5.66. The number of allylic oxidation sites excluding steroid dienone is 4. The molecule has 1 rings (SSSR count). The fourth-order valence-electron chi connectivity index (χ4n) is 1.82. The minimum atomic E-state index is 1.17. The van der Waals surface area contributed by atoms with Crippen molar-refractivity contribution >= 4 is 0 Å². The molecule has 0 aromatic rings. The maximum Gasteiger partial charge on any atom is -0.0164 e. The molecule has 0 aliphatic heterocycles. The summed E-state index contributed by atoms with van der Waals surface area (Å²) < 4.78 is 0. The van der Waals surface area contributed by atoms with Gasteiger partial charge in [0.25, 0.3) is 0 Å². The molecule has 0 N–H and O–H groups in total. The van der Waals surface area contributed by atoms with E-state index in [9.17, 15) is 0 Å². The Morgan fingerprint density at radius 3 is 2.77 bits per heavy atom. The lowest BCUT2D eigenvalue weighted by Gasteiger charge is -2.04. The van der Waals surface area contributed by atoms with E-state index >= 15 is 0 Å². The van der Waals surface area contributed by atoms with E-state index in [0.29, 0.717) is 0 Å². The third-order valence-electron chi connectivity index (χ3n) is 2.81. The van der Waals surface area contributed by atoms with Gasteiger partial charge in [-0.1, -0.05) is 43.1 Å². The van der Waals surface area contributed by atoms with Gasteiger partial charge in [-0.15, -0.1) is 0 Å². The maximum atomic E-state index is 2.44. The number of rotatable bonds is 4. The molecule has 0 spiro atoms. The summed E-state index contributed by atoms with van der Waals surface area (Å²) in [7, 11) is 0. The summed E-state index contributed by atoms with van der Waals surface area (Å²) in [6.07, 6.45) is 14.0. The van der Waals surface area contributed by atoms with E-state index in [-0.39, 0.29) is 0 Å². The second-order valence-corrected chi connectivity index (χ2v) is 4.11. The summed E-state index contributed by atoms with van der Waals surface area (Å²) in [4.78, 5) is 0. The van der Waals surface area contributed by atoms with E-state index in [1.807, 2.05) is 0 Å². The predicted octanol–water partition coefficient (Wildman–Crippen LogP) is 4.62. The molecule has 13 heavy (non-hydrogen) atoms. The van der Waals surface area contributed by atoms with Crippen molar-refractivity contribution in [3.63, 3.8) is 0 Å². The van der Waals surface area contributed by atoms with Gasteiger partial charge in [0, 0.05) is 0 Å². The molecule has 0 saturated carbocycles. The molecule has 1 aliphatic rings. The van der Waals surface area contributed by atoms with Gasteiger partial charge in [-0.3, -0.25) is 0 Å². The Labute approximate surface area is 82.7 Å². The molecule has 0 heterocycles. The fourth-order valence-corrected chi connectivity index (χ4v) is 1.82. The first kappa shape index (κ1) is 10.6. The summed E-state index contributed by atoms with van der Waals surface area (Å²) in [5, 5.41) is 0. The van der Waals surface area contributed by atoms with Crippen molar-refractivity contribution in [2.45, 2.75) is 58.8 Å². The molecule has 0 bridgehead atoms. The smallest absolute Gasteiger partial charge is 0.0164 e. The lowest BCUT2D eigenvalue weighted by atomic mass is 10.0. The van der Waals surface area contributed by atoms with Crippen molar-refractivity contribution in [2.75, 3.05) is 0 Å². The monoisotopic (exact) mass is 178 g/mol. The van der Waals surface area contributed by atoms with Crippen molar-refractivity contribution < 1.29 is 0 Å². The lowest BCUT2D eigenvalue weighted by molar-refractivity contribution is 0.694. The third-order valence-corrected chi connectivity index (χ3v) is 2.81. The topological polar surface area (TPSA) is 0 Å². The highest BCUT2D eigenvalue weighted by molar-refractivity contribution is 5.14. The van der Waals surface area contributed by atoms with Crippen molar-refractivity contribution in [2.24, 2.45) is 0 Å². The molecule has 0 radical (unpaired) electrons. The molecule has 1 aliphatic carbocycles. The first-order chi connectivity index (χ1) is 6.33. The van der Waals surface area contributed by atoms with Crippen LogP contribution in [0.25, 0.3) is 0 Å². The number of hydrogen-bond acceptors (Lipinski definition) is 0. The van der Waals surface area contributed by atoms with Crippen LogP contribution in [0.1, 0.15) is 58.8 Å². The Morgan fingerprint density at radius 2 is 2.00 bits per heavy atom. The Balaban J connectivity index is 2.24. The molecule has 0 fully saturated rings. The van der Waals surface area contributed by atoms with Gasteiger partial charge in [0.1, 0.15) is 0 Å². The molecule has 0 amide bonds. The highest BCUT2D eigenvalue weighted by Crippen LogP contribution is 2.21. The summed E-state index contributed by atoms with van der Waals surface area (Å²) in [6.45, 7) is 4.52. The minimum absolute atomic E-state index is 1.17. The zero-order chi connectivity index (χ0) is 9.52. The summed E-state index contributed by atoms with van der Waals surface area (Å²) in [5.74, 6) is 0. The van der Waals surface area contributed by atoms with Crippen LogP contribution in [-0.4, -0.2) is 0 Å². The number of unbranched alkanes of at least 4 members (excludes halogenated alkanes) is 2. The SMILES string of the molecule is CCCCCC1=CCC=C(C)CC1. The second kappa shape index (κ2) is 6.01. The van der Waals surface area contributed by atoms with E-state index in [1.54, 1.807) is 11.1 Å². The zero-order valence-electron chi connectivity index (χ0n) is 9.10. The maximum absolute atomic E-state index is 2.44. The van der Waals surface area contributed by atoms with E-state index < -0.39 is 0 Å². The second-order valence-electron chi connectivity index (χ2n) is 4.11. The van der Waals surface area contributed by atoms with Crippen LogP contribution in [0.3, 0.4) is 0 Å². The van der Waals surface area contributed by atoms with E-state index in [0.717, 1.165) is 0 Å². The van der Waals surface area contributed by atoms with Crippen LogP contribution in [0.15, 0.2) is 23.3 Å². The van der Waals surface area contributed by atoms with Gasteiger partial charge in [-0.25, -0.2) is 0 Å². The highest BCUT2D eigenvalue weighted by Gasteiger charge is 2.01. The molecule has 0 saturated heterocycles. The standard InChI is InChI=1S/C13H22/c1-3-4-5-8-13-9-6-7-12(2)10-11-13/h7,9H,3-6,8,10-11H2,1-2H3. The average Bonchev–Trinajstić information content (AvgIpc) is 2.32. The van der Waals surface area contributed by atoms with E-state index in [4.69, 9.17) is 0 Å². The molecule has 0 unspecified atom stereocenters. The quantitative estimate of drug-likeness (QED) is 0.435. The summed E-state index contributed by atoms with van der Waals surface area (Å²) in [5.41, 5.74) is 3.27. The van der Waals surface area contributed by atoms with Crippen LogP contribution in [0, 0.1) is 0 Å². The van der Waals surface area contributed by atoms with Gasteiger partial charge in [0.15, 0.2) is 0 Å². The highest BCUT2D eigenvalue weighted by atomic mass is 14.1. The molecular weight excluding hydrogens is 156 g/mol. The number of hydrogen-bond donors (Lipinski definition) is 0. The van der Waals surface area contributed by atoms with Crippen molar-refractivity contribution in [3.05, 3.63) is 23.3 Å². The van der Waals surface area contributed by atoms with Gasteiger partial charge in [0.2, 0.25) is 0 Å². The fraction of sp³-hybridized carbons (Fsp3) is 0.692. The van der Waals surface area contributed by atoms with Crippen LogP contribution in [-0.2, 0) is 0 Å². The molecule has 0 aromatic heterocycles. The summed E-state index contributed by atoms with van der Waals surface area (Å²) in [6, 6.07) is 0. The molecular formula is C13H22.